The van der Waals surface area contributed by atoms with Gasteiger partial charge in [-0.3, -0.25) is 14.5 Å². The summed E-state index contributed by atoms with van der Waals surface area (Å²) < 4.78 is 12.0. The molecule has 4 atom stereocenters. The van der Waals surface area contributed by atoms with E-state index in [1.807, 2.05) is 19.1 Å². The molecule has 0 aromatic heterocycles. The number of aliphatic hydroxyl groups is 1. The number of benzene rings is 1. The van der Waals surface area contributed by atoms with Crippen molar-refractivity contribution in [1.29, 1.82) is 0 Å². The summed E-state index contributed by atoms with van der Waals surface area (Å²) in [6.45, 7) is 4.26. The smallest absolute Gasteiger partial charge is 0.455 e. The number of methoxy groups -OCH3 is 1. The van der Waals surface area contributed by atoms with Gasteiger partial charge in [-0.25, -0.2) is 0 Å². The van der Waals surface area contributed by atoms with Crippen LogP contribution in [0.3, 0.4) is 0 Å². The molecule has 3 N–H and O–H groups in total. The fourth-order valence-electron chi connectivity index (χ4n) is 6.39. The first-order valence-electron chi connectivity index (χ1n) is 13.5. The number of ether oxygens (including phenoxy) is 1. The van der Waals surface area contributed by atoms with E-state index in [0.29, 0.717) is 41.5 Å². The van der Waals surface area contributed by atoms with Gasteiger partial charge in [-0.05, 0) is 95.8 Å². The SMILES string of the molecule is CCC/C(=C\c1cc(I)c(O)c(OC)c1)CC[C@H]1OB(O)C[C@H]2C1=C(CO)C[C@H]1C(=O)N(CCC)C(=O)[C@H]12. The molecular formula is C28H37BINO7. The van der Waals surface area contributed by atoms with Crippen LogP contribution in [0.15, 0.2) is 28.9 Å². The minimum atomic E-state index is -1.03. The number of fused-ring (bicyclic) bond motifs is 3. The molecule has 4 rings (SSSR count). The number of amides is 2. The number of carbonyl (C=O) groups is 2. The highest BCUT2D eigenvalue weighted by Crippen LogP contribution is 2.50. The van der Waals surface area contributed by atoms with Crippen molar-refractivity contribution in [1.82, 2.24) is 4.90 Å². The third-order valence-corrected chi connectivity index (χ3v) is 8.80. The fourth-order valence-corrected chi connectivity index (χ4v) is 7.02. The number of rotatable bonds is 10. The lowest BCUT2D eigenvalue weighted by atomic mass is 9.58. The largest absolute Gasteiger partial charge is 0.504 e. The summed E-state index contributed by atoms with van der Waals surface area (Å²) in [6.07, 6.45) is 6.07. The lowest BCUT2D eigenvalue weighted by molar-refractivity contribution is -0.140. The normalized spacial score (nSPS) is 25.7. The molecule has 8 nitrogen and oxygen atoms in total. The lowest BCUT2D eigenvalue weighted by Crippen LogP contribution is -2.46. The number of hydrogen-bond donors (Lipinski definition) is 3. The number of aromatic hydroxyl groups is 1. The van der Waals surface area contributed by atoms with Crippen LogP contribution in [0, 0.1) is 21.3 Å². The summed E-state index contributed by atoms with van der Waals surface area (Å²) in [6, 6.07) is 3.71. The second kappa shape index (κ2) is 12.5. The average molecular weight is 637 g/mol. The van der Waals surface area contributed by atoms with Gasteiger partial charge in [0.1, 0.15) is 0 Å². The molecule has 2 amide bonds. The summed E-state index contributed by atoms with van der Waals surface area (Å²) in [5.41, 5.74) is 3.79. The van der Waals surface area contributed by atoms with Crippen LogP contribution >= 0.6 is 22.6 Å². The predicted molar refractivity (Wildman–Crippen MR) is 153 cm³/mol. The Morgan fingerprint density at radius 3 is 2.63 bits per heavy atom. The number of nitrogens with zero attached hydrogens (tertiary/aromatic N) is 1. The van der Waals surface area contributed by atoms with Gasteiger partial charge in [0.25, 0.3) is 0 Å². The van der Waals surface area contributed by atoms with Crippen molar-refractivity contribution >= 4 is 47.6 Å². The van der Waals surface area contributed by atoms with Gasteiger partial charge < -0.3 is 24.6 Å². The molecule has 2 aliphatic heterocycles. The van der Waals surface area contributed by atoms with Crippen LogP contribution < -0.4 is 4.74 Å². The minimum absolute atomic E-state index is 0.120. The highest BCUT2D eigenvalue weighted by molar-refractivity contribution is 14.1. The Morgan fingerprint density at radius 1 is 1.21 bits per heavy atom. The monoisotopic (exact) mass is 637 g/mol. The Hall–Kier alpha value is -1.89. The molecule has 1 aromatic rings. The van der Waals surface area contributed by atoms with Crippen LogP contribution in [0.1, 0.15) is 57.9 Å². The summed E-state index contributed by atoms with van der Waals surface area (Å²) in [4.78, 5) is 27.8. The zero-order valence-electron chi connectivity index (χ0n) is 22.3. The quantitative estimate of drug-likeness (QED) is 0.153. The number of hydrogen-bond acceptors (Lipinski definition) is 7. The van der Waals surface area contributed by atoms with Crippen molar-refractivity contribution in [2.75, 3.05) is 20.3 Å². The van der Waals surface area contributed by atoms with E-state index in [-0.39, 0.29) is 36.4 Å². The van der Waals surface area contributed by atoms with Crippen LogP contribution in [-0.2, 0) is 14.2 Å². The van der Waals surface area contributed by atoms with Crippen molar-refractivity contribution in [3.05, 3.63) is 38.0 Å². The number of phenolic OH excluding ortho intramolecular Hbond substituents is 1. The summed E-state index contributed by atoms with van der Waals surface area (Å²) in [7, 11) is 0.496. The minimum Gasteiger partial charge on any atom is -0.504 e. The van der Waals surface area contributed by atoms with E-state index < -0.39 is 25.1 Å². The lowest BCUT2D eigenvalue weighted by Gasteiger charge is -2.43. The second-order valence-corrected chi connectivity index (χ2v) is 11.6. The van der Waals surface area contributed by atoms with E-state index in [1.165, 1.54) is 17.6 Å². The number of aliphatic hydroxyl groups excluding tert-OH is 1. The van der Waals surface area contributed by atoms with Gasteiger partial charge in [-0.2, -0.15) is 0 Å². The van der Waals surface area contributed by atoms with E-state index >= 15 is 0 Å². The second-order valence-electron chi connectivity index (χ2n) is 10.4. The molecule has 3 aliphatic rings. The number of phenols is 1. The molecule has 1 aromatic carbocycles. The van der Waals surface area contributed by atoms with Crippen LogP contribution in [0.4, 0.5) is 0 Å². The molecule has 2 saturated heterocycles. The maximum absolute atomic E-state index is 13.3. The average Bonchev–Trinajstić information content (AvgIpc) is 3.13. The Labute approximate surface area is 238 Å². The van der Waals surface area contributed by atoms with Crippen molar-refractivity contribution in [3.63, 3.8) is 0 Å². The molecule has 0 saturated carbocycles. The highest BCUT2D eigenvalue weighted by Gasteiger charge is 2.56. The van der Waals surface area contributed by atoms with Gasteiger partial charge in [0.15, 0.2) is 11.5 Å². The van der Waals surface area contributed by atoms with Gasteiger partial charge in [0.05, 0.1) is 35.2 Å². The predicted octanol–water partition coefficient (Wildman–Crippen LogP) is 4.17. The van der Waals surface area contributed by atoms with E-state index in [2.05, 4.69) is 35.6 Å². The highest BCUT2D eigenvalue weighted by atomic mass is 127. The first kappa shape index (κ1) is 29.1. The van der Waals surface area contributed by atoms with Crippen LogP contribution in [-0.4, -0.2) is 65.4 Å². The molecule has 0 spiro atoms. The van der Waals surface area contributed by atoms with Crippen LogP contribution in [0.25, 0.3) is 6.08 Å². The molecule has 206 valence electrons. The Kier molecular flexibility index (Phi) is 9.60. The maximum Gasteiger partial charge on any atom is 0.455 e. The molecule has 0 radical (unpaired) electrons. The van der Waals surface area contributed by atoms with E-state index in [0.717, 1.165) is 29.6 Å². The van der Waals surface area contributed by atoms with Gasteiger partial charge in [0, 0.05) is 6.54 Å². The van der Waals surface area contributed by atoms with Crippen molar-refractivity contribution in [3.8, 4) is 11.5 Å². The van der Waals surface area contributed by atoms with Gasteiger partial charge in [-0.1, -0.05) is 31.9 Å². The molecule has 1 aliphatic carbocycles. The first-order valence-corrected chi connectivity index (χ1v) is 14.6. The number of allylic oxidation sites excluding steroid dienone is 1. The van der Waals surface area contributed by atoms with Crippen molar-refractivity contribution < 1.29 is 34.2 Å². The molecule has 2 fully saturated rings. The molecule has 10 heteroatoms. The van der Waals surface area contributed by atoms with Crippen LogP contribution in [0.2, 0.25) is 6.32 Å². The summed E-state index contributed by atoms with van der Waals surface area (Å²) in [5.74, 6) is -1.06. The molecular weight excluding hydrogens is 600 g/mol. The van der Waals surface area contributed by atoms with Gasteiger partial charge >= 0.3 is 7.12 Å². The van der Waals surface area contributed by atoms with Gasteiger partial charge in [-0.15, -0.1) is 0 Å². The number of halogens is 1. The standard InChI is InChI=1S/C28H37BINO7/c1-4-6-16(10-17-11-21(30)26(33)23(12-17)37-3)7-8-22-24-18(15-32)13-19-25(20(24)14-29(36)38-22)28(35)31(9-5-2)27(19)34/h10-12,19-20,22,25,32-33,36H,4-9,13-15H2,1-3H3/b16-10+/t19-,20+,22-,25-/m1/s1. The molecule has 38 heavy (non-hydrogen) atoms. The zero-order chi connectivity index (χ0) is 27.6. The van der Waals surface area contributed by atoms with E-state index in [4.69, 9.17) is 9.39 Å². The Balaban J connectivity index is 1.61. The number of likely N-dealkylation sites (tertiary alicyclic amines) is 1. The zero-order valence-corrected chi connectivity index (χ0v) is 24.4. The summed E-state index contributed by atoms with van der Waals surface area (Å²) >= 11 is 2.08. The topological polar surface area (TPSA) is 117 Å². The molecule has 0 unspecified atom stereocenters. The van der Waals surface area contributed by atoms with Crippen LogP contribution in [0.5, 0.6) is 11.5 Å². The van der Waals surface area contributed by atoms with Gasteiger partial charge in [0.2, 0.25) is 11.8 Å². The van der Waals surface area contributed by atoms with E-state index in [9.17, 15) is 24.8 Å². The Morgan fingerprint density at radius 2 is 1.97 bits per heavy atom. The number of carbonyl (C=O) groups excluding carboxylic acids is 2. The maximum atomic E-state index is 13.3. The van der Waals surface area contributed by atoms with Crippen molar-refractivity contribution in [2.24, 2.45) is 17.8 Å². The third-order valence-electron chi connectivity index (χ3n) is 7.98. The Bertz CT molecular complexity index is 1140. The fraction of sp³-hybridized carbons (Fsp3) is 0.571. The summed E-state index contributed by atoms with van der Waals surface area (Å²) in [5, 5.41) is 31.1. The first-order chi connectivity index (χ1) is 18.2. The van der Waals surface area contributed by atoms with E-state index in [1.54, 1.807) is 0 Å². The van der Waals surface area contributed by atoms with Crippen molar-refractivity contribution in [2.45, 2.75) is 64.8 Å². The molecule has 0 bridgehead atoms. The number of imide groups is 1. The third kappa shape index (κ3) is 5.69. The molecule has 2 heterocycles.